The fourth-order valence-electron chi connectivity index (χ4n) is 16.4. The van der Waals surface area contributed by atoms with Gasteiger partial charge in [0, 0.05) is 92.9 Å². The Labute approximate surface area is 805 Å². The van der Waals surface area contributed by atoms with Gasteiger partial charge < -0.3 is 40.4 Å². The first-order chi connectivity index (χ1) is 64.9. The summed E-state index contributed by atoms with van der Waals surface area (Å²) in [6, 6.07) is 83.7. The van der Waals surface area contributed by atoms with Crippen molar-refractivity contribution in [3.63, 3.8) is 0 Å². The van der Waals surface area contributed by atoms with Crippen molar-refractivity contribution in [2.45, 2.75) is 131 Å². The van der Waals surface area contributed by atoms with Gasteiger partial charge >= 0.3 is 0 Å². The number of aryl methyl sites for hydroxylation is 6. The number of aromatic nitrogens is 2. The summed E-state index contributed by atoms with van der Waals surface area (Å²) < 4.78 is 68.0. The number of para-hydroxylation sites is 3. The van der Waals surface area contributed by atoms with Crippen molar-refractivity contribution in [1.29, 1.82) is 0 Å². The molecule has 0 spiro atoms. The molecular weight excluding hydrogens is 1830 g/mol. The molecule has 4 amide bonds. The van der Waals surface area contributed by atoms with Crippen molar-refractivity contribution < 1.29 is 41.1 Å². The van der Waals surface area contributed by atoms with Gasteiger partial charge in [-0.2, -0.15) is 0 Å². The van der Waals surface area contributed by atoms with Crippen LogP contribution in [-0.4, -0.2) is 59.8 Å². The summed E-state index contributed by atoms with van der Waals surface area (Å²) in [5.74, 6) is -0.915. The molecule has 0 aliphatic carbocycles. The third kappa shape index (κ3) is 21.5. The lowest BCUT2D eigenvalue weighted by Crippen LogP contribution is -2.47. The molecular formula is C107H95Cl2F5N10O5S5. The lowest BCUT2D eigenvalue weighted by molar-refractivity contribution is 0.0636. The summed E-state index contributed by atoms with van der Waals surface area (Å²) in [6.07, 6.45) is 3.81. The molecule has 16 aromatic rings. The maximum absolute atomic E-state index is 13.3. The average molecular weight is 1930 g/mol. The van der Waals surface area contributed by atoms with Crippen LogP contribution < -0.4 is 26.4 Å². The number of carbonyl (C=O) groups is 4. The van der Waals surface area contributed by atoms with E-state index in [2.05, 4.69) is 110 Å². The van der Waals surface area contributed by atoms with Crippen molar-refractivity contribution in [1.82, 2.24) is 29.2 Å². The van der Waals surface area contributed by atoms with Crippen molar-refractivity contribution >= 4 is 137 Å². The lowest BCUT2D eigenvalue weighted by atomic mass is 10.0. The summed E-state index contributed by atoms with van der Waals surface area (Å²) in [4.78, 5) is 92.2. The van der Waals surface area contributed by atoms with Crippen LogP contribution in [0.3, 0.4) is 0 Å². The van der Waals surface area contributed by atoms with E-state index in [1.165, 1.54) is 85.0 Å². The number of nitrogens with zero attached hydrogens (tertiary/aromatic N) is 7. The third-order valence-corrected chi connectivity index (χ3v) is 30.4. The van der Waals surface area contributed by atoms with Crippen LogP contribution in [0.4, 0.5) is 44.7 Å². The molecule has 0 radical (unpaired) electrons. The Kier molecular flexibility index (Phi) is 30.0. The van der Waals surface area contributed by atoms with Crippen molar-refractivity contribution in [2.24, 2.45) is 0 Å². The van der Waals surface area contributed by atoms with Gasteiger partial charge in [-0.25, -0.2) is 26.9 Å². The lowest BCUT2D eigenvalue weighted by Gasteiger charge is -2.43. The fraction of sp³-hybridized carbons (Fsp3) is 0.196. The molecule has 134 heavy (non-hydrogen) atoms. The van der Waals surface area contributed by atoms with Gasteiger partial charge in [-0.1, -0.05) is 155 Å². The molecule has 4 atom stereocenters. The number of rotatable bonds is 20. The molecule has 20 rings (SSSR count). The minimum atomic E-state index is -0.293. The zero-order valence-electron chi connectivity index (χ0n) is 74.4. The molecule has 15 nitrogen and oxygen atoms in total. The van der Waals surface area contributed by atoms with E-state index in [0.717, 1.165) is 113 Å². The zero-order valence-corrected chi connectivity index (χ0v) is 80.0. The van der Waals surface area contributed by atoms with E-state index in [9.17, 15) is 45.9 Å². The Bertz CT molecular complexity index is 6910. The van der Waals surface area contributed by atoms with E-state index in [1.54, 1.807) is 168 Å². The van der Waals surface area contributed by atoms with Crippen LogP contribution in [0.25, 0.3) is 21.6 Å². The largest absolute Gasteiger partial charge is 0.360 e. The zero-order chi connectivity index (χ0) is 94.0. The maximum Gasteiger partial charge on any atom is 0.261 e. The fourth-order valence-corrected chi connectivity index (χ4v) is 21.9. The number of hydrogen-bond acceptors (Lipinski definition) is 15. The van der Waals surface area contributed by atoms with Gasteiger partial charge in [0.15, 0.2) is 5.82 Å². The molecule has 10 heterocycles. The first kappa shape index (κ1) is 94.3. The van der Waals surface area contributed by atoms with E-state index >= 15 is 0 Å². The minimum Gasteiger partial charge on any atom is -0.360 e. The van der Waals surface area contributed by atoms with Gasteiger partial charge in [-0.05, 0) is 260 Å². The molecule has 0 fully saturated rings. The Hall–Kier alpha value is -12.9. The molecule has 682 valence electrons. The van der Waals surface area contributed by atoms with Crippen LogP contribution in [0, 0.1) is 36.0 Å². The van der Waals surface area contributed by atoms with Gasteiger partial charge in [0.05, 0.1) is 61.6 Å². The van der Waals surface area contributed by atoms with E-state index in [1.807, 2.05) is 96.6 Å². The van der Waals surface area contributed by atoms with E-state index in [0.29, 0.717) is 81.8 Å². The second-order valence-electron chi connectivity index (χ2n) is 32.5. The summed E-state index contributed by atoms with van der Waals surface area (Å²) in [7, 11) is 2.03. The van der Waals surface area contributed by atoms with Crippen LogP contribution in [0.15, 0.2) is 290 Å². The number of thiophene rings is 5. The number of carbonyl (C=O) groups excluding carboxylic acids is 4. The van der Waals surface area contributed by atoms with Crippen molar-refractivity contribution in [3.05, 3.63) is 434 Å². The van der Waals surface area contributed by atoms with Crippen LogP contribution in [0.5, 0.6) is 0 Å². The third-order valence-electron chi connectivity index (χ3n) is 23.5. The average Bonchev–Trinajstić information content (AvgIpc) is 1.45. The molecule has 0 saturated heterocycles. The topological polar surface area (TPSA) is 155 Å². The predicted octanol–water partition coefficient (Wildman–Crippen LogP) is 27.4. The van der Waals surface area contributed by atoms with Crippen LogP contribution in [-0.2, 0) is 64.8 Å². The molecule has 0 saturated carbocycles. The van der Waals surface area contributed by atoms with Gasteiger partial charge in [0.1, 0.15) is 53.7 Å². The van der Waals surface area contributed by atoms with Gasteiger partial charge in [-0.15, -0.1) is 56.7 Å². The Balaban J connectivity index is 0.000000122. The molecule has 3 N–H and O–H groups in total. The molecule has 4 aliphatic rings. The van der Waals surface area contributed by atoms with Crippen LogP contribution >= 0.6 is 79.9 Å². The molecule has 0 bridgehead atoms. The second-order valence-corrected chi connectivity index (χ2v) is 39.3. The summed E-state index contributed by atoms with van der Waals surface area (Å²) >= 11 is 20.7. The first-order valence-corrected chi connectivity index (χ1v) is 48.9. The van der Waals surface area contributed by atoms with Crippen LogP contribution in [0.1, 0.15) is 178 Å². The summed E-state index contributed by atoms with van der Waals surface area (Å²) in [5.41, 5.74) is 11.9. The number of halogens is 7. The highest BCUT2D eigenvalue weighted by Crippen LogP contribution is 2.45. The van der Waals surface area contributed by atoms with E-state index < -0.39 is 0 Å². The monoisotopic (exact) mass is 1920 g/mol. The Morgan fingerprint density at radius 1 is 0.351 bits per heavy atom. The highest BCUT2D eigenvalue weighted by atomic mass is 35.5. The number of benzene rings is 10. The molecule has 10 aromatic carbocycles. The molecule has 4 aliphatic heterocycles. The van der Waals surface area contributed by atoms with Gasteiger partial charge in [0.25, 0.3) is 29.2 Å². The smallest absolute Gasteiger partial charge is 0.261 e. The van der Waals surface area contributed by atoms with E-state index in [-0.39, 0.29) is 82.9 Å². The number of amides is 4. The molecule has 4 unspecified atom stereocenters. The minimum absolute atomic E-state index is 0.00414. The predicted molar refractivity (Wildman–Crippen MR) is 535 cm³/mol. The van der Waals surface area contributed by atoms with Crippen molar-refractivity contribution in [3.8, 4) is 10.7 Å². The van der Waals surface area contributed by atoms with E-state index in [4.69, 9.17) is 28.2 Å². The standard InChI is InChI=1S/2C22H21FN2OS.2C21H18ClFN2OS.C21H17FN2OS/c1-3-17-11-12-19(27-17)21-24-20-14(2)5-4-6-18(20)22(26)25(21)13-15-7-9-16(23)10-8-15;1-3-17-12-13-20(27-17)21-24(2)19-7-5-4-6-18(19)22(26)25(21)14-15-8-10-16(23)11-9-15;1-2-16-8-10-19(27-16)20-24-18-9-5-14(22)11-17(18)21(26)25(20)12-13-3-6-15(23)7-4-13;1-2-16-8-10-19(27-16)20-24-18-11-14(22)5-9-17(18)21(26)25(20)12-13-3-6-15(23)7-4-13;1-2-16-11-12-19(26-16)20-23-18-6-4-3-5-17(18)21(25)24(20)13-14-7-9-15(22)10-8-14/h4-12,21,24H,3,13H2,1-2H3;4-13,21H,3,14H2,1-2H3;2*3-11,20,24H,2,12H2,1H3;3-12H,2,13H2,1H3. The highest BCUT2D eigenvalue weighted by Gasteiger charge is 2.40. The molecule has 27 heteroatoms. The first-order valence-electron chi connectivity index (χ1n) is 44.1. The summed E-state index contributed by atoms with van der Waals surface area (Å²) in [6.45, 7) is 14.6. The number of nitrogens with one attached hydrogen (secondary N) is 3. The Morgan fingerprint density at radius 2 is 0.739 bits per heavy atom. The quantitative estimate of drug-likeness (QED) is 0.0628. The summed E-state index contributed by atoms with van der Waals surface area (Å²) in [5, 5.41) is 12.2. The van der Waals surface area contributed by atoms with Crippen molar-refractivity contribution in [2.75, 3.05) is 27.9 Å². The van der Waals surface area contributed by atoms with Gasteiger partial charge in [0.2, 0.25) is 0 Å². The normalized spacial score (nSPS) is 15.3. The van der Waals surface area contributed by atoms with Crippen LogP contribution in [0.2, 0.25) is 10.0 Å². The Morgan fingerprint density at radius 3 is 1.23 bits per heavy atom. The highest BCUT2D eigenvalue weighted by molar-refractivity contribution is 7.15. The SMILES string of the molecule is CCc1ccc(-c2nc3ccccc3c(=O)n2Cc2ccc(F)cc2)s1.CCc1ccc(C2N(Cc3ccc(F)cc3)C(=O)c3ccccc3N2C)s1.CCc1ccc(C2Nc3c(C)cccc3C(=O)N2Cc2ccc(F)cc2)s1.CCc1ccc(C2Nc3cc(Cl)ccc3C(=O)N2Cc2ccc(F)cc2)s1.CCc1ccc(C2Nc3ccc(Cl)cc3C(=O)N2Cc2ccc(F)cc2)s1. The number of fused-ring (bicyclic) bond motifs is 5. The number of hydrogen-bond donors (Lipinski definition) is 3. The van der Waals surface area contributed by atoms with Gasteiger partial charge in [-0.3, -0.25) is 28.5 Å². The maximum atomic E-state index is 13.3. The molecule has 6 aromatic heterocycles. The number of anilines is 4. The second kappa shape index (κ2) is 42.6.